The molecule has 1 aromatic heterocycles. The molecular weight excluding hydrogens is 498 g/mol. The van der Waals surface area contributed by atoms with Crippen molar-refractivity contribution in [1.29, 1.82) is 0 Å². The average molecular weight is 522 g/mol. The number of methoxy groups -OCH3 is 1. The second-order valence-electron chi connectivity index (χ2n) is 8.98. The van der Waals surface area contributed by atoms with Crippen molar-refractivity contribution in [2.45, 2.75) is 17.9 Å². The van der Waals surface area contributed by atoms with Crippen LogP contribution in [0.4, 0.5) is 0 Å². The van der Waals surface area contributed by atoms with Crippen LogP contribution in [0, 0.1) is 0 Å². The number of halogens is 1. The van der Waals surface area contributed by atoms with Gasteiger partial charge in [0.25, 0.3) is 0 Å². The summed E-state index contributed by atoms with van der Waals surface area (Å²) in [5, 5.41) is 24.3. The molecule has 0 fully saturated rings. The summed E-state index contributed by atoms with van der Waals surface area (Å²) in [5.41, 5.74) is 8.61. The molecule has 5 rings (SSSR count). The van der Waals surface area contributed by atoms with Gasteiger partial charge < -0.3 is 19.7 Å². The minimum atomic E-state index is -1.80. The van der Waals surface area contributed by atoms with Crippen LogP contribution in [0.3, 0.4) is 0 Å². The van der Waals surface area contributed by atoms with Crippen LogP contribution in [-0.2, 0) is 4.79 Å². The van der Waals surface area contributed by atoms with Crippen molar-refractivity contribution in [3.05, 3.63) is 124 Å². The third-order valence-corrected chi connectivity index (χ3v) is 7.00. The Morgan fingerprint density at radius 1 is 1.03 bits per heavy atom. The molecule has 0 saturated carbocycles. The molecule has 6 heteroatoms. The van der Waals surface area contributed by atoms with Crippen molar-refractivity contribution >= 4 is 29.5 Å². The van der Waals surface area contributed by atoms with E-state index in [1.54, 1.807) is 24.3 Å². The van der Waals surface area contributed by atoms with E-state index in [1.165, 1.54) is 7.11 Å². The monoisotopic (exact) mass is 521 g/mol. The van der Waals surface area contributed by atoms with Crippen molar-refractivity contribution in [3.63, 3.8) is 0 Å². The predicted molar refractivity (Wildman–Crippen MR) is 148 cm³/mol. The van der Waals surface area contributed by atoms with Crippen LogP contribution < -0.4 is 4.74 Å². The summed E-state index contributed by atoms with van der Waals surface area (Å²) >= 11 is 6.11. The highest BCUT2D eigenvalue weighted by Crippen LogP contribution is 2.49. The SMILES string of the molecule is COc1nc(O)c(C(c2ccccc2)C(O)(CC=O)C2=C=C=Cc3ccccc32)cc1-c1ccc(Cl)cc1. The van der Waals surface area contributed by atoms with E-state index >= 15 is 0 Å². The number of aldehydes is 1. The fourth-order valence-corrected chi connectivity index (χ4v) is 5.13. The molecule has 0 aliphatic heterocycles. The first-order valence-electron chi connectivity index (χ1n) is 12.0. The van der Waals surface area contributed by atoms with Gasteiger partial charge in [-0.15, -0.1) is 0 Å². The number of hydrogen-bond donors (Lipinski definition) is 2. The first-order chi connectivity index (χ1) is 18.5. The molecule has 5 nitrogen and oxygen atoms in total. The molecule has 2 unspecified atom stereocenters. The summed E-state index contributed by atoms with van der Waals surface area (Å²) < 4.78 is 5.49. The minimum absolute atomic E-state index is 0.212. The Hall–Kier alpha value is -4.37. The second-order valence-corrected chi connectivity index (χ2v) is 9.42. The van der Waals surface area contributed by atoms with E-state index in [4.69, 9.17) is 16.3 Å². The van der Waals surface area contributed by atoms with Gasteiger partial charge in [0.05, 0.1) is 7.11 Å². The highest BCUT2D eigenvalue weighted by molar-refractivity contribution is 6.30. The van der Waals surface area contributed by atoms with Crippen molar-refractivity contribution in [2.75, 3.05) is 7.11 Å². The van der Waals surface area contributed by atoms with E-state index in [2.05, 4.69) is 16.4 Å². The predicted octanol–water partition coefficient (Wildman–Crippen LogP) is 6.43. The molecular formula is C32H24ClNO4. The van der Waals surface area contributed by atoms with Crippen LogP contribution in [-0.4, -0.2) is 34.2 Å². The number of pyridine rings is 1. The lowest BCUT2D eigenvalue weighted by Crippen LogP contribution is -2.39. The van der Waals surface area contributed by atoms with Gasteiger partial charge >= 0.3 is 0 Å². The maximum atomic E-state index is 12.5. The van der Waals surface area contributed by atoms with Crippen molar-refractivity contribution in [2.24, 2.45) is 0 Å². The van der Waals surface area contributed by atoms with Gasteiger partial charge in [-0.25, -0.2) is 0 Å². The lowest BCUT2D eigenvalue weighted by Gasteiger charge is -2.38. The van der Waals surface area contributed by atoms with Gasteiger partial charge in [0.15, 0.2) is 0 Å². The number of hydrogen-bond acceptors (Lipinski definition) is 5. The summed E-state index contributed by atoms with van der Waals surface area (Å²) in [6, 6.07) is 25.7. The van der Waals surface area contributed by atoms with Gasteiger partial charge in [-0.2, -0.15) is 4.98 Å². The Balaban J connectivity index is 1.80. The molecule has 1 aliphatic carbocycles. The summed E-state index contributed by atoms with van der Waals surface area (Å²) in [5.74, 6) is -1.000. The largest absolute Gasteiger partial charge is 0.493 e. The summed E-state index contributed by atoms with van der Waals surface area (Å²) in [7, 11) is 1.47. The molecule has 3 aromatic carbocycles. The molecule has 0 radical (unpaired) electrons. The Kier molecular flexibility index (Phi) is 7.02. The van der Waals surface area contributed by atoms with E-state index in [0.717, 1.165) is 16.7 Å². The van der Waals surface area contributed by atoms with Crippen LogP contribution in [0.1, 0.15) is 34.6 Å². The normalized spacial score (nSPS) is 14.2. The number of nitrogens with zero attached hydrogens (tertiary/aromatic N) is 1. The van der Waals surface area contributed by atoms with E-state index in [-0.39, 0.29) is 18.2 Å². The zero-order chi connectivity index (χ0) is 26.7. The summed E-state index contributed by atoms with van der Waals surface area (Å²) in [4.78, 5) is 16.5. The first kappa shape index (κ1) is 25.3. The van der Waals surface area contributed by atoms with Gasteiger partial charge in [-0.05, 0) is 46.5 Å². The number of aliphatic hydroxyl groups is 1. The molecule has 0 bridgehead atoms. The fourth-order valence-electron chi connectivity index (χ4n) is 5.00. The number of carbonyl (C=O) groups is 1. The fraction of sp³-hybridized carbons (Fsp3) is 0.125. The molecule has 1 aliphatic rings. The van der Waals surface area contributed by atoms with Gasteiger partial charge in [-0.1, -0.05) is 89.8 Å². The molecule has 38 heavy (non-hydrogen) atoms. The van der Waals surface area contributed by atoms with Crippen molar-refractivity contribution in [1.82, 2.24) is 4.98 Å². The summed E-state index contributed by atoms with van der Waals surface area (Å²) in [6.07, 6.45) is 2.20. The van der Waals surface area contributed by atoms with Crippen LogP contribution in [0.15, 0.2) is 96.4 Å². The number of fused-ring (bicyclic) bond motifs is 1. The molecule has 1 heterocycles. The van der Waals surface area contributed by atoms with E-state index in [0.29, 0.717) is 33.6 Å². The molecule has 0 spiro atoms. The van der Waals surface area contributed by atoms with E-state index in [9.17, 15) is 15.0 Å². The number of benzene rings is 3. The first-order valence-corrected chi connectivity index (χ1v) is 12.4. The number of carbonyl (C=O) groups excluding carboxylic acids is 1. The quantitative estimate of drug-likeness (QED) is 0.206. The van der Waals surface area contributed by atoms with Gasteiger partial charge in [0.2, 0.25) is 11.8 Å². The Morgan fingerprint density at radius 3 is 2.45 bits per heavy atom. The molecule has 188 valence electrons. The van der Waals surface area contributed by atoms with Crippen molar-refractivity contribution < 1.29 is 19.7 Å². The molecule has 0 saturated heterocycles. The lowest BCUT2D eigenvalue weighted by atomic mass is 9.69. The van der Waals surface area contributed by atoms with Gasteiger partial charge in [-0.3, -0.25) is 0 Å². The smallest absolute Gasteiger partial charge is 0.224 e. The Bertz CT molecular complexity index is 1600. The highest BCUT2D eigenvalue weighted by Gasteiger charge is 2.45. The standard InChI is InChI=1S/C32H24ClNO4/c1-38-31-26(22-14-16-24(33)17-15-22)20-27(30(36)34-31)29(23-9-3-2-4-10-23)32(37,18-19-35)28-13-7-11-21-8-5-6-12-25(21)28/h2-6,8-12,14-17,19-20,29,37H,18H2,1H3,(H,34,36). The average Bonchev–Trinajstić information content (AvgIpc) is 2.94. The van der Waals surface area contributed by atoms with Gasteiger partial charge in [0.1, 0.15) is 11.9 Å². The lowest BCUT2D eigenvalue weighted by molar-refractivity contribution is -0.111. The van der Waals surface area contributed by atoms with Crippen LogP contribution in [0.5, 0.6) is 11.8 Å². The molecule has 0 amide bonds. The number of rotatable bonds is 8. The number of aromatic hydroxyl groups is 1. The Labute approximate surface area is 225 Å². The molecule has 2 atom stereocenters. The minimum Gasteiger partial charge on any atom is -0.493 e. The van der Waals surface area contributed by atoms with E-state index < -0.39 is 11.5 Å². The maximum Gasteiger partial charge on any atom is 0.224 e. The molecule has 2 N–H and O–H groups in total. The van der Waals surface area contributed by atoms with E-state index in [1.807, 2.05) is 66.7 Å². The Morgan fingerprint density at radius 2 is 1.74 bits per heavy atom. The zero-order valence-electron chi connectivity index (χ0n) is 20.6. The topological polar surface area (TPSA) is 79.7 Å². The van der Waals surface area contributed by atoms with Crippen LogP contribution >= 0.6 is 11.6 Å². The maximum absolute atomic E-state index is 12.5. The number of aromatic nitrogens is 1. The van der Waals surface area contributed by atoms with Crippen LogP contribution in [0.25, 0.3) is 22.8 Å². The van der Waals surface area contributed by atoms with Crippen molar-refractivity contribution in [3.8, 4) is 22.9 Å². The third kappa shape index (κ3) is 4.56. The number of ether oxygens (including phenoxy) is 1. The van der Waals surface area contributed by atoms with Gasteiger partial charge in [0, 0.05) is 34.1 Å². The third-order valence-electron chi connectivity index (χ3n) is 6.75. The molecule has 4 aromatic rings. The second kappa shape index (κ2) is 10.5. The van der Waals surface area contributed by atoms with Crippen LogP contribution in [0.2, 0.25) is 5.02 Å². The highest BCUT2D eigenvalue weighted by atomic mass is 35.5. The summed E-state index contributed by atoms with van der Waals surface area (Å²) in [6.45, 7) is 0. The zero-order valence-corrected chi connectivity index (χ0v) is 21.3.